The second-order valence-electron chi connectivity index (χ2n) is 5.49. The number of carboxylic acid groups (broad SMARTS) is 1. The Hall–Kier alpha value is -1.26. The summed E-state index contributed by atoms with van der Waals surface area (Å²) in [4.78, 5) is 23.5. The summed E-state index contributed by atoms with van der Waals surface area (Å²) < 4.78 is 0. The number of carboxylic acids is 1. The molecule has 0 bridgehead atoms. The molecule has 98 valence electrons. The third-order valence-corrected chi connectivity index (χ3v) is 3.45. The summed E-state index contributed by atoms with van der Waals surface area (Å²) in [5.41, 5.74) is 0.370. The molecule has 1 aliphatic carbocycles. The van der Waals surface area contributed by atoms with Gasteiger partial charge in [0.1, 0.15) is 0 Å². The van der Waals surface area contributed by atoms with Crippen molar-refractivity contribution in [2.45, 2.75) is 33.1 Å². The second kappa shape index (κ2) is 5.38. The first-order valence-corrected chi connectivity index (χ1v) is 6.03. The number of amides is 2. The molecular weight excluding hydrogens is 220 g/mol. The molecule has 2 amide bonds. The average molecular weight is 242 g/mol. The summed E-state index contributed by atoms with van der Waals surface area (Å²) in [7, 11) is 1.69. The van der Waals surface area contributed by atoms with Crippen LogP contribution in [0.3, 0.4) is 0 Å². The van der Waals surface area contributed by atoms with E-state index in [0.717, 1.165) is 13.0 Å². The number of hydrogen-bond acceptors (Lipinski definition) is 2. The maximum absolute atomic E-state index is 11.6. The van der Waals surface area contributed by atoms with Gasteiger partial charge < -0.3 is 15.3 Å². The van der Waals surface area contributed by atoms with Crippen LogP contribution in [-0.2, 0) is 4.79 Å². The second-order valence-corrected chi connectivity index (χ2v) is 5.49. The fourth-order valence-corrected chi connectivity index (χ4v) is 1.84. The van der Waals surface area contributed by atoms with Crippen molar-refractivity contribution < 1.29 is 14.7 Å². The summed E-state index contributed by atoms with van der Waals surface area (Å²) in [6, 6.07) is -0.113. The fourth-order valence-electron chi connectivity index (χ4n) is 1.84. The maximum atomic E-state index is 11.6. The van der Waals surface area contributed by atoms with E-state index in [0.29, 0.717) is 24.3 Å². The Morgan fingerprint density at radius 3 is 2.53 bits per heavy atom. The zero-order valence-electron chi connectivity index (χ0n) is 10.8. The molecule has 17 heavy (non-hydrogen) atoms. The number of nitrogens with one attached hydrogen (secondary N) is 1. The van der Waals surface area contributed by atoms with Crippen LogP contribution in [0.2, 0.25) is 0 Å². The van der Waals surface area contributed by atoms with Crippen molar-refractivity contribution in [2.75, 3.05) is 20.1 Å². The summed E-state index contributed by atoms with van der Waals surface area (Å²) in [6.45, 7) is 5.59. The van der Waals surface area contributed by atoms with E-state index < -0.39 is 5.97 Å². The van der Waals surface area contributed by atoms with E-state index in [1.807, 2.05) is 0 Å². The van der Waals surface area contributed by atoms with Crippen LogP contribution in [-0.4, -0.2) is 42.1 Å². The van der Waals surface area contributed by atoms with E-state index in [1.165, 1.54) is 0 Å². The first kappa shape index (κ1) is 13.8. The number of nitrogens with zero attached hydrogens (tertiary/aromatic N) is 1. The van der Waals surface area contributed by atoms with Gasteiger partial charge in [-0.05, 0) is 24.2 Å². The number of hydrogen-bond donors (Lipinski definition) is 2. The van der Waals surface area contributed by atoms with Crippen LogP contribution in [0.25, 0.3) is 0 Å². The van der Waals surface area contributed by atoms with Crippen LogP contribution in [0.5, 0.6) is 0 Å². The van der Waals surface area contributed by atoms with Crippen LogP contribution >= 0.6 is 0 Å². The minimum Gasteiger partial charge on any atom is -0.481 e. The molecular formula is C12H22N2O3. The van der Waals surface area contributed by atoms with E-state index in [4.69, 9.17) is 5.11 Å². The van der Waals surface area contributed by atoms with Crippen molar-refractivity contribution in [2.24, 2.45) is 11.3 Å². The predicted octanol–water partition coefficient (Wildman–Crippen LogP) is 1.54. The Labute approximate surface area is 102 Å². The minimum absolute atomic E-state index is 0.104. The molecule has 0 saturated heterocycles. The van der Waals surface area contributed by atoms with E-state index in [-0.39, 0.29) is 12.5 Å². The highest BCUT2D eigenvalue weighted by Crippen LogP contribution is 2.50. The van der Waals surface area contributed by atoms with Crippen LogP contribution in [0.4, 0.5) is 4.79 Å². The first-order valence-electron chi connectivity index (χ1n) is 6.03. The van der Waals surface area contributed by atoms with Crippen molar-refractivity contribution in [3.8, 4) is 0 Å². The Balaban J connectivity index is 2.12. The zero-order valence-corrected chi connectivity index (χ0v) is 10.8. The molecule has 1 atom stereocenters. The van der Waals surface area contributed by atoms with Crippen molar-refractivity contribution in [3.63, 3.8) is 0 Å². The van der Waals surface area contributed by atoms with E-state index >= 15 is 0 Å². The van der Waals surface area contributed by atoms with Gasteiger partial charge in [0.25, 0.3) is 0 Å². The Morgan fingerprint density at radius 1 is 1.47 bits per heavy atom. The number of rotatable bonds is 6. The number of urea groups is 1. The van der Waals surface area contributed by atoms with Crippen LogP contribution < -0.4 is 5.32 Å². The Bertz CT molecular complexity index is 302. The highest BCUT2D eigenvalue weighted by Gasteiger charge is 2.45. The van der Waals surface area contributed by atoms with Gasteiger partial charge in [0.05, 0.1) is 0 Å². The average Bonchev–Trinajstić information content (AvgIpc) is 2.82. The smallest absolute Gasteiger partial charge is 0.317 e. The molecule has 0 aromatic heterocycles. The third kappa shape index (κ3) is 4.63. The SMILES string of the molecule is CN(CCCC(=O)O)C(=O)NCC1CC1(C)C. The lowest BCUT2D eigenvalue weighted by Crippen LogP contribution is -2.39. The van der Waals surface area contributed by atoms with Gasteiger partial charge in [-0.3, -0.25) is 4.79 Å². The number of aliphatic carboxylic acids is 1. The molecule has 1 unspecified atom stereocenters. The predicted molar refractivity (Wildman–Crippen MR) is 64.8 cm³/mol. The molecule has 0 spiro atoms. The van der Waals surface area contributed by atoms with Crippen molar-refractivity contribution in [1.29, 1.82) is 0 Å². The van der Waals surface area contributed by atoms with Crippen LogP contribution in [0.15, 0.2) is 0 Å². The lowest BCUT2D eigenvalue weighted by Gasteiger charge is -2.17. The van der Waals surface area contributed by atoms with Crippen LogP contribution in [0, 0.1) is 11.3 Å². The lowest BCUT2D eigenvalue weighted by molar-refractivity contribution is -0.137. The molecule has 0 aliphatic heterocycles. The van der Waals surface area contributed by atoms with Gasteiger partial charge in [0.2, 0.25) is 0 Å². The third-order valence-electron chi connectivity index (χ3n) is 3.45. The molecule has 0 heterocycles. The van der Waals surface area contributed by atoms with Crippen molar-refractivity contribution in [1.82, 2.24) is 10.2 Å². The van der Waals surface area contributed by atoms with Gasteiger partial charge in [-0.2, -0.15) is 0 Å². The molecule has 2 N–H and O–H groups in total. The monoisotopic (exact) mass is 242 g/mol. The van der Waals surface area contributed by atoms with Gasteiger partial charge in [0.15, 0.2) is 0 Å². The fraction of sp³-hybridized carbons (Fsp3) is 0.833. The normalized spacial score (nSPS) is 20.8. The van der Waals surface area contributed by atoms with Gasteiger partial charge in [-0.25, -0.2) is 4.79 Å². The molecule has 5 nitrogen and oxygen atoms in total. The molecule has 0 aromatic rings. The topological polar surface area (TPSA) is 69.6 Å². The molecule has 1 saturated carbocycles. The lowest BCUT2D eigenvalue weighted by atomic mass is 10.1. The number of carbonyl (C=O) groups excluding carboxylic acids is 1. The van der Waals surface area contributed by atoms with Crippen LogP contribution in [0.1, 0.15) is 33.1 Å². The van der Waals surface area contributed by atoms with E-state index in [9.17, 15) is 9.59 Å². The Kier molecular flexibility index (Phi) is 4.37. The first-order chi connectivity index (χ1) is 7.83. The molecule has 1 rings (SSSR count). The summed E-state index contributed by atoms with van der Waals surface area (Å²) in [6.07, 6.45) is 1.76. The summed E-state index contributed by atoms with van der Waals surface area (Å²) in [5, 5.41) is 11.4. The van der Waals surface area contributed by atoms with Gasteiger partial charge in [-0.1, -0.05) is 13.8 Å². The molecule has 1 fully saturated rings. The van der Waals surface area contributed by atoms with Gasteiger partial charge >= 0.3 is 12.0 Å². The van der Waals surface area contributed by atoms with Gasteiger partial charge in [0, 0.05) is 26.6 Å². The van der Waals surface area contributed by atoms with Crippen molar-refractivity contribution >= 4 is 12.0 Å². The largest absolute Gasteiger partial charge is 0.481 e. The Morgan fingerprint density at radius 2 is 2.06 bits per heavy atom. The molecule has 5 heteroatoms. The highest BCUT2D eigenvalue weighted by atomic mass is 16.4. The molecule has 1 aliphatic rings. The van der Waals surface area contributed by atoms with E-state index in [1.54, 1.807) is 11.9 Å². The molecule has 0 radical (unpaired) electrons. The van der Waals surface area contributed by atoms with Crippen molar-refractivity contribution in [3.05, 3.63) is 0 Å². The standard InChI is InChI=1S/C12H22N2O3/c1-12(2)7-9(12)8-13-11(17)14(3)6-4-5-10(15)16/h9H,4-8H2,1-3H3,(H,13,17)(H,15,16). The highest BCUT2D eigenvalue weighted by molar-refractivity contribution is 5.74. The molecule has 0 aromatic carbocycles. The zero-order chi connectivity index (χ0) is 13.1. The number of carbonyl (C=O) groups is 2. The minimum atomic E-state index is -0.821. The summed E-state index contributed by atoms with van der Waals surface area (Å²) >= 11 is 0. The quantitative estimate of drug-likeness (QED) is 0.742. The maximum Gasteiger partial charge on any atom is 0.317 e. The van der Waals surface area contributed by atoms with Gasteiger partial charge in [-0.15, -0.1) is 0 Å². The summed E-state index contributed by atoms with van der Waals surface area (Å²) in [5.74, 6) is -0.239. The van der Waals surface area contributed by atoms with E-state index in [2.05, 4.69) is 19.2 Å².